The summed E-state index contributed by atoms with van der Waals surface area (Å²) in [6, 6.07) is 15.0. The molecule has 13 heteroatoms. The molecule has 4 aromatic carbocycles. The molecule has 0 spiro atoms. The fourth-order valence-corrected chi connectivity index (χ4v) is 4.53. The molecule has 4 rings (SSSR count). The van der Waals surface area contributed by atoms with Crippen LogP contribution in [-0.4, -0.2) is 26.0 Å². The van der Waals surface area contributed by atoms with Crippen molar-refractivity contribution in [1.29, 1.82) is 0 Å². The maximum atomic E-state index is 13.4. The van der Waals surface area contributed by atoms with E-state index in [1.165, 1.54) is 32.2 Å². The van der Waals surface area contributed by atoms with Crippen LogP contribution in [0.3, 0.4) is 0 Å². The molecule has 38 heavy (non-hydrogen) atoms. The summed E-state index contributed by atoms with van der Waals surface area (Å²) in [6.45, 7) is 1.53. The molecular weight excluding hydrogens is 564 g/mol. The van der Waals surface area contributed by atoms with Gasteiger partial charge in [-0.05, 0) is 48.2 Å². The van der Waals surface area contributed by atoms with E-state index in [1.54, 1.807) is 36.4 Å². The number of nitrogens with one attached hydrogen (secondary N) is 1. The molecule has 0 aliphatic rings. The molecule has 0 radical (unpaired) electrons. The number of fused-ring (bicyclic) bond motifs is 1. The Morgan fingerprint density at radius 2 is 1.76 bits per heavy atom. The average Bonchev–Trinajstić information content (AvgIpc) is 2.84. The molecule has 0 saturated heterocycles. The van der Waals surface area contributed by atoms with Crippen molar-refractivity contribution in [2.24, 2.45) is 10.2 Å². The van der Waals surface area contributed by atoms with E-state index in [1.807, 2.05) is 0 Å². The summed E-state index contributed by atoms with van der Waals surface area (Å²) in [5.41, 5.74) is 0.189. The molecule has 0 atom stereocenters. The third-order valence-electron chi connectivity index (χ3n) is 5.35. The van der Waals surface area contributed by atoms with Gasteiger partial charge < -0.3 is 15.2 Å². The van der Waals surface area contributed by atoms with Gasteiger partial charge in [-0.15, -0.1) is 5.11 Å². The third-order valence-corrected chi connectivity index (χ3v) is 6.89. The van der Waals surface area contributed by atoms with Crippen molar-refractivity contribution in [3.05, 3.63) is 81.8 Å². The van der Waals surface area contributed by atoms with Gasteiger partial charge in [0.1, 0.15) is 11.4 Å². The first-order chi connectivity index (χ1) is 17.5. The Morgan fingerprint density at radius 3 is 2.45 bits per heavy atom. The molecule has 0 aliphatic heterocycles. The van der Waals surface area contributed by atoms with Crippen LogP contribution in [0.1, 0.15) is 15.9 Å². The van der Waals surface area contributed by atoms with Gasteiger partial charge in [-0.25, -0.2) is 0 Å². The molecule has 0 heterocycles. The van der Waals surface area contributed by atoms with Crippen LogP contribution >= 0.6 is 23.2 Å². The number of benzene rings is 4. The zero-order chi connectivity index (χ0) is 26.9. The molecule has 0 unspecified atom stereocenters. The number of amides is 1. The largest absolute Gasteiger partial charge is 1.00 e. The zero-order valence-electron chi connectivity index (χ0n) is 20.3. The number of aryl methyl sites for hydroxylation is 1. The third kappa shape index (κ3) is 6.47. The first kappa shape index (κ1) is 29.9. The van der Waals surface area contributed by atoms with E-state index >= 15 is 0 Å². The Hall–Kier alpha value is -2.70. The van der Waals surface area contributed by atoms with Crippen LogP contribution < -0.4 is 44.7 Å². The van der Waals surface area contributed by atoms with Crippen molar-refractivity contribution in [3.8, 4) is 11.5 Å². The van der Waals surface area contributed by atoms with E-state index in [2.05, 4.69) is 15.5 Å². The second kappa shape index (κ2) is 12.0. The fraction of sp³-hybridized carbons (Fsp3) is 0.0800. The summed E-state index contributed by atoms with van der Waals surface area (Å²) in [4.78, 5) is 12.7. The van der Waals surface area contributed by atoms with Gasteiger partial charge in [-0.3, -0.25) is 9.35 Å². The van der Waals surface area contributed by atoms with Crippen LogP contribution in [0.4, 0.5) is 17.1 Å². The summed E-state index contributed by atoms with van der Waals surface area (Å²) in [7, 11) is -3.09. The maximum Gasteiger partial charge on any atom is 1.00 e. The molecular formula is C25H18Cl2N3NaO6S. The summed E-state index contributed by atoms with van der Waals surface area (Å²) in [5, 5.41) is 25.4. The molecule has 0 saturated carbocycles. The minimum absolute atomic E-state index is 0. The molecule has 0 fully saturated rings. The van der Waals surface area contributed by atoms with Crippen LogP contribution in [0.2, 0.25) is 10.0 Å². The molecule has 2 N–H and O–H groups in total. The van der Waals surface area contributed by atoms with E-state index in [4.69, 9.17) is 27.9 Å². The van der Waals surface area contributed by atoms with Crippen molar-refractivity contribution in [2.75, 3.05) is 12.4 Å². The quantitative estimate of drug-likeness (QED) is 0.203. The smallest absolute Gasteiger partial charge is 0.870 e. The first-order valence-electron chi connectivity index (χ1n) is 10.6. The van der Waals surface area contributed by atoms with E-state index in [0.29, 0.717) is 32.8 Å². The predicted octanol–water partition coefficient (Wildman–Crippen LogP) is 3.46. The molecule has 9 nitrogen and oxygen atoms in total. The van der Waals surface area contributed by atoms with Gasteiger partial charge >= 0.3 is 29.6 Å². The summed E-state index contributed by atoms with van der Waals surface area (Å²) in [6.07, 6.45) is 0. The first-order valence-corrected chi connectivity index (χ1v) is 12.8. The summed E-state index contributed by atoms with van der Waals surface area (Å²) >= 11 is 12.3. The van der Waals surface area contributed by atoms with Crippen LogP contribution in [-0.2, 0) is 10.1 Å². The SMILES string of the molecule is COc1cc(Cl)cc(NC(=O)c2cc3ccccc3c(N=Nc3cc(S(=O)(=O)O)cc(C)c3Cl)c2[O-])c1.[Na+]. The molecule has 0 aromatic heterocycles. The van der Waals surface area contributed by atoms with E-state index in [9.17, 15) is 22.9 Å². The van der Waals surface area contributed by atoms with Crippen molar-refractivity contribution in [1.82, 2.24) is 0 Å². The van der Waals surface area contributed by atoms with Crippen LogP contribution in [0, 0.1) is 6.92 Å². The second-order valence-corrected chi connectivity index (χ2v) is 10.1. The Bertz CT molecular complexity index is 1700. The second-order valence-electron chi connectivity index (χ2n) is 7.91. The van der Waals surface area contributed by atoms with Gasteiger partial charge in [-0.1, -0.05) is 53.2 Å². The Morgan fingerprint density at radius 1 is 1.05 bits per heavy atom. The predicted molar refractivity (Wildman–Crippen MR) is 140 cm³/mol. The topological polar surface area (TPSA) is 140 Å². The monoisotopic (exact) mass is 581 g/mol. The number of methoxy groups -OCH3 is 1. The van der Waals surface area contributed by atoms with Gasteiger partial charge in [0, 0.05) is 27.7 Å². The molecule has 190 valence electrons. The van der Waals surface area contributed by atoms with Crippen molar-refractivity contribution in [3.63, 3.8) is 0 Å². The number of azo groups is 1. The van der Waals surface area contributed by atoms with E-state index < -0.39 is 26.7 Å². The average molecular weight is 582 g/mol. The number of hydrogen-bond donors (Lipinski definition) is 2. The molecule has 0 aliphatic carbocycles. The number of carbonyl (C=O) groups is 1. The number of ether oxygens (including phenoxy) is 1. The van der Waals surface area contributed by atoms with Gasteiger partial charge in [0.2, 0.25) is 0 Å². The molecule has 0 bridgehead atoms. The Balaban J connectivity index is 0.00000400. The summed E-state index contributed by atoms with van der Waals surface area (Å²) < 4.78 is 37.8. The number of anilines is 1. The zero-order valence-corrected chi connectivity index (χ0v) is 24.6. The number of hydrogen-bond acceptors (Lipinski definition) is 7. The van der Waals surface area contributed by atoms with Gasteiger partial charge in [0.25, 0.3) is 16.0 Å². The van der Waals surface area contributed by atoms with Crippen molar-refractivity contribution < 1.29 is 57.2 Å². The van der Waals surface area contributed by atoms with Gasteiger partial charge in [0.05, 0.1) is 22.7 Å². The normalized spacial score (nSPS) is 11.4. The minimum Gasteiger partial charge on any atom is -0.870 e. The fourth-order valence-electron chi connectivity index (χ4n) is 3.57. The summed E-state index contributed by atoms with van der Waals surface area (Å²) in [5.74, 6) is -1.01. The standard InChI is InChI=1S/C25H19Cl2N3O6S.Na/c1-13-7-18(37(33,34)35)12-21(22(13)27)29-30-23-19-6-4-3-5-14(19)8-20(24(23)31)25(32)28-16-9-15(26)10-17(11-16)36-2;/h3-12,31H,1-2H3,(H,28,32)(H,33,34,35);/q;+1/p-1. The maximum absolute atomic E-state index is 13.4. The van der Waals surface area contributed by atoms with E-state index in [0.717, 1.165) is 6.07 Å². The number of rotatable bonds is 6. The van der Waals surface area contributed by atoms with Gasteiger partial charge in [0.15, 0.2) is 0 Å². The van der Waals surface area contributed by atoms with Crippen molar-refractivity contribution in [2.45, 2.75) is 11.8 Å². The van der Waals surface area contributed by atoms with Gasteiger partial charge in [-0.2, -0.15) is 13.5 Å². The van der Waals surface area contributed by atoms with Crippen LogP contribution in [0.15, 0.2) is 75.8 Å². The number of halogens is 2. The van der Waals surface area contributed by atoms with E-state index in [-0.39, 0.29) is 51.5 Å². The Kier molecular flexibility index (Phi) is 9.43. The van der Waals surface area contributed by atoms with Crippen LogP contribution in [0.25, 0.3) is 10.8 Å². The number of carbonyl (C=O) groups excluding carboxylic acids is 1. The van der Waals surface area contributed by atoms with Crippen molar-refractivity contribution >= 4 is 67.1 Å². The number of nitrogens with zero attached hydrogens (tertiary/aromatic N) is 2. The van der Waals surface area contributed by atoms with Crippen LogP contribution in [0.5, 0.6) is 11.5 Å². The molecule has 1 amide bonds. The Labute approximate surface area is 250 Å². The molecule has 4 aromatic rings. The minimum atomic E-state index is -4.54.